The van der Waals surface area contributed by atoms with Gasteiger partial charge in [-0.1, -0.05) is 40.5 Å². The Balaban J connectivity index is 2.51. The van der Waals surface area contributed by atoms with Crippen molar-refractivity contribution in [1.82, 2.24) is 0 Å². The lowest BCUT2D eigenvalue weighted by atomic mass is 9.65. The first kappa shape index (κ1) is 14.0. The zero-order chi connectivity index (χ0) is 12.2. The van der Waals surface area contributed by atoms with E-state index in [9.17, 15) is 0 Å². The molecule has 1 saturated carbocycles. The molecule has 0 saturated heterocycles. The standard InChI is InChI=1S/C15H31N/c1-5-6-12(2)9-14-10-15(3,4)8-7-13(14)11-16/h12-14H,5-11,16H2,1-4H3. The summed E-state index contributed by atoms with van der Waals surface area (Å²) in [6, 6.07) is 0. The second-order valence-corrected chi connectivity index (χ2v) is 6.79. The minimum Gasteiger partial charge on any atom is -0.330 e. The molecular formula is C15H31N. The van der Waals surface area contributed by atoms with Crippen molar-refractivity contribution >= 4 is 0 Å². The zero-order valence-electron chi connectivity index (χ0n) is 11.8. The first-order chi connectivity index (χ1) is 7.48. The Morgan fingerprint density at radius 2 is 2.00 bits per heavy atom. The van der Waals surface area contributed by atoms with Gasteiger partial charge in [-0.15, -0.1) is 0 Å². The normalized spacial score (nSPS) is 31.3. The molecular weight excluding hydrogens is 194 g/mol. The van der Waals surface area contributed by atoms with E-state index < -0.39 is 0 Å². The molecule has 1 aliphatic rings. The summed E-state index contributed by atoms with van der Waals surface area (Å²) >= 11 is 0. The first-order valence-electron chi connectivity index (χ1n) is 7.18. The van der Waals surface area contributed by atoms with Crippen LogP contribution in [0.25, 0.3) is 0 Å². The van der Waals surface area contributed by atoms with Crippen molar-refractivity contribution in [1.29, 1.82) is 0 Å². The summed E-state index contributed by atoms with van der Waals surface area (Å²) in [6.45, 7) is 10.5. The monoisotopic (exact) mass is 225 g/mol. The molecule has 16 heavy (non-hydrogen) atoms. The maximum Gasteiger partial charge on any atom is -0.00462 e. The van der Waals surface area contributed by atoms with Crippen molar-refractivity contribution in [2.24, 2.45) is 28.9 Å². The quantitative estimate of drug-likeness (QED) is 0.745. The highest BCUT2D eigenvalue weighted by Crippen LogP contribution is 2.44. The Morgan fingerprint density at radius 3 is 2.56 bits per heavy atom. The molecule has 96 valence electrons. The van der Waals surface area contributed by atoms with Crippen LogP contribution in [0.3, 0.4) is 0 Å². The second-order valence-electron chi connectivity index (χ2n) is 6.79. The maximum atomic E-state index is 5.93. The molecule has 0 radical (unpaired) electrons. The van der Waals surface area contributed by atoms with Gasteiger partial charge in [0.25, 0.3) is 0 Å². The third-order valence-electron chi connectivity index (χ3n) is 4.46. The van der Waals surface area contributed by atoms with Crippen LogP contribution in [0.4, 0.5) is 0 Å². The lowest BCUT2D eigenvalue weighted by molar-refractivity contribution is 0.103. The lowest BCUT2D eigenvalue weighted by Gasteiger charge is -2.41. The van der Waals surface area contributed by atoms with E-state index in [2.05, 4.69) is 27.7 Å². The summed E-state index contributed by atoms with van der Waals surface area (Å²) in [5, 5.41) is 0. The van der Waals surface area contributed by atoms with Crippen molar-refractivity contribution in [2.45, 2.75) is 66.2 Å². The summed E-state index contributed by atoms with van der Waals surface area (Å²) in [5.74, 6) is 2.57. The van der Waals surface area contributed by atoms with Gasteiger partial charge in [0.2, 0.25) is 0 Å². The molecule has 0 spiro atoms. The molecule has 3 atom stereocenters. The number of hydrogen-bond acceptors (Lipinski definition) is 1. The molecule has 0 aromatic rings. The maximum absolute atomic E-state index is 5.93. The highest BCUT2D eigenvalue weighted by atomic mass is 14.6. The van der Waals surface area contributed by atoms with Gasteiger partial charge in [-0.2, -0.15) is 0 Å². The van der Waals surface area contributed by atoms with Gasteiger partial charge in [-0.25, -0.2) is 0 Å². The predicted octanol–water partition coefficient (Wildman–Crippen LogP) is 4.21. The molecule has 0 aliphatic heterocycles. The Kier molecular flexibility index (Phi) is 5.30. The van der Waals surface area contributed by atoms with Crippen LogP contribution in [0.2, 0.25) is 0 Å². The Labute approximate surface area is 102 Å². The minimum absolute atomic E-state index is 0.558. The highest BCUT2D eigenvalue weighted by molar-refractivity contribution is 4.86. The number of hydrogen-bond donors (Lipinski definition) is 1. The van der Waals surface area contributed by atoms with E-state index in [1.807, 2.05) is 0 Å². The number of rotatable bonds is 5. The molecule has 0 amide bonds. The Hall–Kier alpha value is -0.0400. The van der Waals surface area contributed by atoms with Crippen molar-refractivity contribution in [3.63, 3.8) is 0 Å². The third kappa shape index (κ3) is 4.08. The van der Waals surface area contributed by atoms with Crippen LogP contribution < -0.4 is 5.73 Å². The fraction of sp³-hybridized carbons (Fsp3) is 1.00. The topological polar surface area (TPSA) is 26.0 Å². The molecule has 1 nitrogen and oxygen atoms in total. The van der Waals surface area contributed by atoms with Crippen LogP contribution in [0, 0.1) is 23.2 Å². The van der Waals surface area contributed by atoms with E-state index in [1.165, 1.54) is 38.5 Å². The van der Waals surface area contributed by atoms with Crippen LogP contribution in [-0.4, -0.2) is 6.54 Å². The largest absolute Gasteiger partial charge is 0.330 e. The van der Waals surface area contributed by atoms with E-state index in [1.54, 1.807) is 0 Å². The van der Waals surface area contributed by atoms with Crippen molar-refractivity contribution < 1.29 is 0 Å². The van der Waals surface area contributed by atoms with E-state index in [0.29, 0.717) is 5.41 Å². The minimum atomic E-state index is 0.558. The summed E-state index contributed by atoms with van der Waals surface area (Å²) in [5.41, 5.74) is 6.49. The van der Waals surface area contributed by atoms with Gasteiger partial charge < -0.3 is 5.73 Å². The SMILES string of the molecule is CCCC(C)CC1CC(C)(C)CCC1CN. The smallest absolute Gasteiger partial charge is 0.00462 e. The summed E-state index contributed by atoms with van der Waals surface area (Å²) < 4.78 is 0. The molecule has 1 fully saturated rings. The number of nitrogens with two attached hydrogens (primary N) is 1. The van der Waals surface area contributed by atoms with Gasteiger partial charge in [0, 0.05) is 0 Å². The third-order valence-corrected chi connectivity index (χ3v) is 4.46. The first-order valence-corrected chi connectivity index (χ1v) is 7.18. The molecule has 3 unspecified atom stereocenters. The van der Waals surface area contributed by atoms with Crippen molar-refractivity contribution in [2.75, 3.05) is 6.54 Å². The van der Waals surface area contributed by atoms with E-state index in [-0.39, 0.29) is 0 Å². The van der Waals surface area contributed by atoms with Crippen LogP contribution in [-0.2, 0) is 0 Å². The van der Waals surface area contributed by atoms with Crippen molar-refractivity contribution in [3.05, 3.63) is 0 Å². The lowest BCUT2D eigenvalue weighted by Crippen LogP contribution is -2.34. The molecule has 1 heteroatoms. The molecule has 0 aromatic heterocycles. The molecule has 0 bridgehead atoms. The highest BCUT2D eigenvalue weighted by Gasteiger charge is 2.34. The van der Waals surface area contributed by atoms with Gasteiger partial charge in [0.1, 0.15) is 0 Å². The predicted molar refractivity (Wildman–Crippen MR) is 72.4 cm³/mol. The second kappa shape index (κ2) is 6.05. The fourth-order valence-electron chi connectivity index (χ4n) is 3.50. The van der Waals surface area contributed by atoms with E-state index in [0.717, 1.165) is 24.3 Å². The molecule has 2 N–H and O–H groups in total. The summed E-state index contributed by atoms with van der Waals surface area (Å²) in [6.07, 6.45) is 8.22. The average molecular weight is 225 g/mol. The van der Waals surface area contributed by atoms with Crippen LogP contribution in [0.1, 0.15) is 66.2 Å². The van der Waals surface area contributed by atoms with Gasteiger partial charge in [-0.3, -0.25) is 0 Å². The van der Waals surface area contributed by atoms with Crippen LogP contribution in [0.15, 0.2) is 0 Å². The molecule has 0 aromatic carbocycles. The summed E-state index contributed by atoms with van der Waals surface area (Å²) in [4.78, 5) is 0. The molecule has 1 rings (SSSR count). The Morgan fingerprint density at radius 1 is 1.31 bits per heavy atom. The summed E-state index contributed by atoms with van der Waals surface area (Å²) in [7, 11) is 0. The van der Waals surface area contributed by atoms with Gasteiger partial charge in [0.05, 0.1) is 0 Å². The van der Waals surface area contributed by atoms with Crippen molar-refractivity contribution in [3.8, 4) is 0 Å². The van der Waals surface area contributed by atoms with E-state index in [4.69, 9.17) is 5.73 Å². The average Bonchev–Trinajstić information content (AvgIpc) is 2.17. The molecule has 0 heterocycles. The zero-order valence-corrected chi connectivity index (χ0v) is 11.8. The van der Waals surface area contributed by atoms with Gasteiger partial charge >= 0.3 is 0 Å². The molecule has 1 aliphatic carbocycles. The van der Waals surface area contributed by atoms with Crippen LogP contribution in [0.5, 0.6) is 0 Å². The van der Waals surface area contributed by atoms with Gasteiger partial charge in [-0.05, 0) is 55.4 Å². The van der Waals surface area contributed by atoms with E-state index >= 15 is 0 Å². The van der Waals surface area contributed by atoms with Gasteiger partial charge in [0.15, 0.2) is 0 Å². The Bertz CT molecular complexity index is 198. The van der Waals surface area contributed by atoms with Crippen LogP contribution >= 0.6 is 0 Å². The fourth-order valence-corrected chi connectivity index (χ4v) is 3.50.